The van der Waals surface area contributed by atoms with Gasteiger partial charge in [-0.25, -0.2) is 9.97 Å². The van der Waals surface area contributed by atoms with Gasteiger partial charge in [0.25, 0.3) is 0 Å². The van der Waals surface area contributed by atoms with Crippen LogP contribution in [0.25, 0.3) is 0 Å². The van der Waals surface area contributed by atoms with Gasteiger partial charge in [0.05, 0.1) is 6.61 Å². The highest BCUT2D eigenvalue weighted by Gasteiger charge is 2.15. The van der Waals surface area contributed by atoms with Crippen molar-refractivity contribution >= 4 is 5.82 Å². The Kier molecular flexibility index (Phi) is 6.02. The van der Waals surface area contributed by atoms with Crippen LogP contribution in [0.3, 0.4) is 0 Å². The van der Waals surface area contributed by atoms with Crippen LogP contribution < -0.4 is 15.8 Å². The van der Waals surface area contributed by atoms with Gasteiger partial charge in [-0.15, -0.1) is 0 Å². The molecular weight excluding hydrogens is 240 g/mol. The maximum absolute atomic E-state index is 6.09. The van der Waals surface area contributed by atoms with E-state index >= 15 is 0 Å². The lowest BCUT2D eigenvalue weighted by molar-refractivity contribution is 0.305. The van der Waals surface area contributed by atoms with Crippen molar-refractivity contribution in [3.63, 3.8) is 0 Å². The Labute approximate surface area is 116 Å². The maximum Gasteiger partial charge on any atom is 0.218 e. The molecule has 1 unspecified atom stereocenters. The summed E-state index contributed by atoms with van der Waals surface area (Å²) in [5.74, 6) is 1.36. The van der Waals surface area contributed by atoms with E-state index in [0.717, 1.165) is 18.7 Å². The highest BCUT2D eigenvalue weighted by Crippen LogP contribution is 2.20. The van der Waals surface area contributed by atoms with Gasteiger partial charge in [-0.1, -0.05) is 27.7 Å². The van der Waals surface area contributed by atoms with Crippen LogP contribution in [-0.4, -0.2) is 29.2 Å². The third-order valence-corrected chi connectivity index (χ3v) is 2.52. The van der Waals surface area contributed by atoms with E-state index in [9.17, 15) is 0 Å². The molecule has 0 aromatic carbocycles. The zero-order valence-electron chi connectivity index (χ0n) is 12.4. The van der Waals surface area contributed by atoms with Gasteiger partial charge in [0.15, 0.2) is 0 Å². The van der Waals surface area contributed by atoms with Crippen molar-refractivity contribution in [2.24, 2.45) is 11.1 Å². The second-order valence-electron chi connectivity index (χ2n) is 6.00. The Morgan fingerprint density at radius 2 is 2.11 bits per heavy atom. The number of hydrogen-bond acceptors (Lipinski definition) is 5. The molecular formula is C14H26N4O. The zero-order chi connectivity index (χ0) is 14.3. The second kappa shape index (κ2) is 7.28. The van der Waals surface area contributed by atoms with Crippen LogP contribution in [0.4, 0.5) is 5.82 Å². The van der Waals surface area contributed by atoms with E-state index in [4.69, 9.17) is 10.5 Å². The molecule has 0 aliphatic heterocycles. The first-order valence-electron chi connectivity index (χ1n) is 6.85. The number of nitrogens with zero attached hydrogens (tertiary/aromatic N) is 2. The fraction of sp³-hybridized carbons (Fsp3) is 0.714. The minimum absolute atomic E-state index is 0.106. The SMILES string of the molecule is CCCOc1cc(NCC(N)CC(C)(C)C)ncn1. The van der Waals surface area contributed by atoms with Crippen LogP contribution in [0.1, 0.15) is 40.5 Å². The third kappa shape index (κ3) is 6.96. The summed E-state index contributed by atoms with van der Waals surface area (Å²) in [6.45, 7) is 9.99. The molecule has 1 heterocycles. The van der Waals surface area contributed by atoms with Crippen molar-refractivity contribution in [1.82, 2.24) is 9.97 Å². The number of aromatic nitrogens is 2. The molecule has 1 rings (SSSR count). The fourth-order valence-electron chi connectivity index (χ4n) is 1.82. The van der Waals surface area contributed by atoms with Crippen LogP contribution in [0.15, 0.2) is 12.4 Å². The molecule has 0 aliphatic rings. The van der Waals surface area contributed by atoms with Crippen LogP contribution >= 0.6 is 0 Å². The fourth-order valence-corrected chi connectivity index (χ4v) is 1.82. The molecule has 3 N–H and O–H groups in total. The number of anilines is 1. The summed E-state index contributed by atoms with van der Waals surface area (Å²) >= 11 is 0. The molecule has 19 heavy (non-hydrogen) atoms. The Bertz CT molecular complexity index is 376. The van der Waals surface area contributed by atoms with Crippen LogP contribution in [0, 0.1) is 5.41 Å². The minimum Gasteiger partial charge on any atom is -0.478 e. The maximum atomic E-state index is 6.09. The number of nitrogens with two attached hydrogens (primary N) is 1. The van der Waals surface area contributed by atoms with Gasteiger partial charge < -0.3 is 15.8 Å². The summed E-state index contributed by atoms with van der Waals surface area (Å²) in [5.41, 5.74) is 6.33. The average molecular weight is 266 g/mol. The average Bonchev–Trinajstić information content (AvgIpc) is 2.32. The first-order chi connectivity index (χ1) is 8.90. The van der Waals surface area contributed by atoms with Gasteiger partial charge in [0.1, 0.15) is 12.1 Å². The molecule has 1 atom stereocenters. The molecule has 0 fully saturated rings. The van der Waals surface area contributed by atoms with Crippen molar-refractivity contribution in [2.45, 2.75) is 46.6 Å². The molecule has 0 amide bonds. The third-order valence-electron chi connectivity index (χ3n) is 2.52. The number of hydrogen-bond donors (Lipinski definition) is 2. The lowest BCUT2D eigenvalue weighted by Gasteiger charge is -2.23. The zero-order valence-corrected chi connectivity index (χ0v) is 12.4. The molecule has 5 heteroatoms. The molecule has 0 saturated heterocycles. The molecule has 108 valence electrons. The monoisotopic (exact) mass is 266 g/mol. The van der Waals surface area contributed by atoms with E-state index < -0.39 is 0 Å². The van der Waals surface area contributed by atoms with E-state index in [1.807, 2.05) is 0 Å². The second-order valence-corrected chi connectivity index (χ2v) is 6.00. The number of ether oxygens (including phenoxy) is 1. The predicted octanol–water partition coefficient (Wildman–Crippen LogP) is 2.44. The normalized spacial score (nSPS) is 13.1. The van der Waals surface area contributed by atoms with Gasteiger partial charge >= 0.3 is 0 Å². The molecule has 0 spiro atoms. The lowest BCUT2D eigenvalue weighted by Crippen LogP contribution is -2.33. The van der Waals surface area contributed by atoms with E-state index in [0.29, 0.717) is 19.0 Å². The van der Waals surface area contributed by atoms with E-state index in [2.05, 4.69) is 43.0 Å². The van der Waals surface area contributed by atoms with Crippen molar-refractivity contribution in [1.29, 1.82) is 0 Å². The van der Waals surface area contributed by atoms with E-state index in [1.54, 1.807) is 6.07 Å². The van der Waals surface area contributed by atoms with Crippen molar-refractivity contribution in [3.05, 3.63) is 12.4 Å². The summed E-state index contributed by atoms with van der Waals surface area (Å²) in [7, 11) is 0. The van der Waals surface area contributed by atoms with Gasteiger partial charge in [-0.05, 0) is 18.3 Å². The highest BCUT2D eigenvalue weighted by molar-refractivity contribution is 5.37. The Morgan fingerprint density at radius 3 is 2.74 bits per heavy atom. The van der Waals surface area contributed by atoms with Gasteiger partial charge in [0.2, 0.25) is 5.88 Å². The summed E-state index contributed by atoms with van der Waals surface area (Å²) in [6.07, 6.45) is 3.43. The van der Waals surface area contributed by atoms with Gasteiger partial charge in [0, 0.05) is 18.7 Å². The summed E-state index contributed by atoms with van der Waals surface area (Å²) in [5, 5.41) is 3.23. The highest BCUT2D eigenvalue weighted by atomic mass is 16.5. The standard InChI is InChI=1S/C14H26N4O/c1-5-6-19-13-7-12(17-10-18-13)16-9-11(15)8-14(2,3)4/h7,10-11H,5-6,8-9,15H2,1-4H3,(H,16,17,18). The number of rotatable bonds is 7. The van der Waals surface area contributed by atoms with Crippen molar-refractivity contribution < 1.29 is 4.74 Å². The van der Waals surface area contributed by atoms with Crippen molar-refractivity contribution in [2.75, 3.05) is 18.5 Å². The van der Waals surface area contributed by atoms with Crippen LogP contribution in [-0.2, 0) is 0 Å². The van der Waals surface area contributed by atoms with E-state index in [-0.39, 0.29) is 11.5 Å². The topological polar surface area (TPSA) is 73.1 Å². The first-order valence-corrected chi connectivity index (χ1v) is 6.85. The molecule has 1 aromatic heterocycles. The molecule has 1 aromatic rings. The van der Waals surface area contributed by atoms with Gasteiger partial charge in [-0.2, -0.15) is 0 Å². The number of nitrogens with one attached hydrogen (secondary N) is 1. The first kappa shape index (κ1) is 15.7. The molecule has 0 radical (unpaired) electrons. The molecule has 0 aliphatic carbocycles. The largest absolute Gasteiger partial charge is 0.478 e. The molecule has 5 nitrogen and oxygen atoms in total. The van der Waals surface area contributed by atoms with Crippen LogP contribution in [0.2, 0.25) is 0 Å². The van der Waals surface area contributed by atoms with Gasteiger partial charge in [-0.3, -0.25) is 0 Å². The Balaban J connectivity index is 2.44. The Morgan fingerprint density at radius 1 is 1.37 bits per heavy atom. The lowest BCUT2D eigenvalue weighted by atomic mass is 9.88. The molecule has 0 bridgehead atoms. The van der Waals surface area contributed by atoms with E-state index in [1.165, 1.54) is 6.33 Å². The summed E-state index contributed by atoms with van der Waals surface area (Å²) in [6, 6.07) is 1.91. The predicted molar refractivity (Wildman–Crippen MR) is 78.4 cm³/mol. The van der Waals surface area contributed by atoms with Crippen LogP contribution in [0.5, 0.6) is 5.88 Å². The minimum atomic E-state index is 0.106. The molecule has 0 saturated carbocycles. The summed E-state index contributed by atoms with van der Waals surface area (Å²) < 4.78 is 5.46. The quantitative estimate of drug-likeness (QED) is 0.793. The van der Waals surface area contributed by atoms with Crippen molar-refractivity contribution in [3.8, 4) is 5.88 Å². The summed E-state index contributed by atoms with van der Waals surface area (Å²) in [4.78, 5) is 8.22. The Hall–Kier alpha value is -1.36. The smallest absolute Gasteiger partial charge is 0.218 e.